The van der Waals surface area contributed by atoms with E-state index in [0.717, 1.165) is 5.69 Å². The number of rotatable bonds is 5. The van der Waals surface area contributed by atoms with E-state index in [0.29, 0.717) is 10.8 Å². The molecular formula is C18H17N3O5S. The Morgan fingerprint density at radius 3 is 2.63 bits per heavy atom. The third-order valence-electron chi connectivity index (χ3n) is 4.07. The zero-order valence-corrected chi connectivity index (χ0v) is 15.5. The van der Waals surface area contributed by atoms with Gasteiger partial charge in [-0.05, 0) is 44.3 Å². The van der Waals surface area contributed by atoms with Crippen molar-refractivity contribution < 1.29 is 18.9 Å². The largest absolute Gasteiger partial charge is 0.463 e. The van der Waals surface area contributed by atoms with Crippen molar-refractivity contribution in [3.05, 3.63) is 69.6 Å². The number of ether oxygens (including phenoxy) is 1. The van der Waals surface area contributed by atoms with Crippen LogP contribution >= 0.6 is 12.2 Å². The number of allylic oxidation sites excluding steroid dienone is 1. The first kappa shape index (κ1) is 18.6. The van der Waals surface area contributed by atoms with Crippen LogP contribution in [0, 0.1) is 10.1 Å². The zero-order valence-electron chi connectivity index (χ0n) is 14.7. The highest BCUT2D eigenvalue weighted by Crippen LogP contribution is 2.35. The number of furan rings is 1. The molecule has 0 bridgehead atoms. The van der Waals surface area contributed by atoms with Crippen LogP contribution in [0.2, 0.25) is 0 Å². The summed E-state index contributed by atoms with van der Waals surface area (Å²) in [5, 5.41) is 14.3. The van der Waals surface area contributed by atoms with Crippen LogP contribution < -0.4 is 10.2 Å². The molecule has 9 heteroatoms. The van der Waals surface area contributed by atoms with Gasteiger partial charge in [0.15, 0.2) is 5.11 Å². The zero-order chi connectivity index (χ0) is 19.6. The standard InChI is InChI=1S/C18H17N3O5S/c1-3-25-17(22)15-11(2)20(12-7-5-4-6-8-12)18(27)19-16(15)13-9-10-14(26-13)21(23)24/h4-10,16H,3H2,1-2H3,(H,19,27). The van der Waals surface area contributed by atoms with Crippen LogP contribution in [0.5, 0.6) is 0 Å². The predicted octanol–water partition coefficient (Wildman–Crippen LogP) is 3.46. The van der Waals surface area contributed by atoms with Gasteiger partial charge in [-0.2, -0.15) is 0 Å². The van der Waals surface area contributed by atoms with E-state index < -0.39 is 22.8 Å². The van der Waals surface area contributed by atoms with Gasteiger partial charge >= 0.3 is 11.9 Å². The first-order valence-corrected chi connectivity index (χ1v) is 8.62. The topological polar surface area (TPSA) is 97.8 Å². The first-order chi connectivity index (χ1) is 12.9. The molecule has 0 radical (unpaired) electrons. The van der Waals surface area contributed by atoms with Gasteiger partial charge in [0.05, 0.1) is 18.2 Å². The van der Waals surface area contributed by atoms with Gasteiger partial charge in [0, 0.05) is 11.4 Å². The average molecular weight is 387 g/mol. The van der Waals surface area contributed by atoms with Crippen LogP contribution in [0.4, 0.5) is 11.6 Å². The molecule has 0 amide bonds. The Kier molecular flexibility index (Phi) is 5.22. The van der Waals surface area contributed by atoms with E-state index in [1.54, 1.807) is 18.7 Å². The number of hydrogen-bond acceptors (Lipinski definition) is 6. The maximum atomic E-state index is 12.7. The quantitative estimate of drug-likeness (QED) is 0.360. The lowest BCUT2D eigenvalue weighted by Gasteiger charge is -2.36. The number of nitrogens with zero attached hydrogens (tertiary/aromatic N) is 2. The molecule has 1 aromatic carbocycles. The normalized spacial score (nSPS) is 16.9. The van der Waals surface area contributed by atoms with E-state index >= 15 is 0 Å². The van der Waals surface area contributed by atoms with Crippen molar-refractivity contribution in [3.63, 3.8) is 0 Å². The number of para-hydroxylation sites is 1. The highest BCUT2D eigenvalue weighted by atomic mass is 32.1. The van der Waals surface area contributed by atoms with Crippen molar-refractivity contribution >= 4 is 34.9 Å². The minimum absolute atomic E-state index is 0.191. The SMILES string of the molecule is CCOC(=O)C1=C(C)N(c2ccccc2)C(=S)NC1c1ccc([N+](=O)[O-])o1. The van der Waals surface area contributed by atoms with Gasteiger partial charge in [0.2, 0.25) is 0 Å². The van der Waals surface area contributed by atoms with Crippen LogP contribution in [0.3, 0.4) is 0 Å². The molecule has 0 spiro atoms. The summed E-state index contributed by atoms with van der Waals surface area (Å²) in [6.07, 6.45) is 0. The number of esters is 1. The molecule has 0 saturated carbocycles. The number of benzene rings is 1. The molecule has 1 aromatic heterocycles. The number of anilines is 1. The lowest BCUT2D eigenvalue weighted by atomic mass is 9.99. The van der Waals surface area contributed by atoms with E-state index in [4.69, 9.17) is 21.4 Å². The van der Waals surface area contributed by atoms with Gasteiger partial charge in [0.25, 0.3) is 0 Å². The van der Waals surface area contributed by atoms with Crippen molar-refractivity contribution in [1.29, 1.82) is 0 Å². The summed E-state index contributed by atoms with van der Waals surface area (Å²) in [4.78, 5) is 24.7. The minimum Gasteiger partial charge on any atom is -0.463 e. The molecule has 1 unspecified atom stereocenters. The molecule has 1 aliphatic heterocycles. The second kappa shape index (κ2) is 7.58. The van der Waals surface area contributed by atoms with Gasteiger partial charge in [-0.15, -0.1) is 0 Å². The van der Waals surface area contributed by atoms with Crippen molar-refractivity contribution in [2.45, 2.75) is 19.9 Å². The Labute approximate surface area is 160 Å². The number of thiocarbonyl (C=S) groups is 1. The van der Waals surface area contributed by atoms with Gasteiger partial charge in [-0.1, -0.05) is 18.2 Å². The van der Waals surface area contributed by atoms with E-state index in [-0.39, 0.29) is 17.9 Å². The third-order valence-corrected chi connectivity index (χ3v) is 4.37. The number of carbonyl (C=O) groups excluding carboxylic acids is 1. The van der Waals surface area contributed by atoms with E-state index in [9.17, 15) is 14.9 Å². The molecule has 0 aliphatic carbocycles. The Bertz CT molecular complexity index is 922. The Hall–Kier alpha value is -3.20. The maximum absolute atomic E-state index is 12.7. The number of nitrogens with one attached hydrogen (secondary N) is 1. The van der Waals surface area contributed by atoms with Crippen LogP contribution in [0.1, 0.15) is 25.6 Å². The van der Waals surface area contributed by atoms with E-state index in [1.807, 2.05) is 30.3 Å². The fourth-order valence-electron chi connectivity index (χ4n) is 2.91. The summed E-state index contributed by atoms with van der Waals surface area (Å²) >= 11 is 5.48. The molecular weight excluding hydrogens is 370 g/mol. The first-order valence-electron chi connectivity index (χ1n) is 8.21. The molecule has 2 heterocycles. The molecule has 0 fully saturated rings. The highest BCUT2D eigenvalue weighted by Gasteiger charge is 2.37. The van der Waals surface area contributed by atoms with Gasteiger partial charge in [-0.25, -0.2) is 4.79 Å². The fraction of sp³-hybridized carbons (Fsp3) is 0.222. The average Bonchev–Trinajstić information content (AvgIpc) is 3.12. The summed E-state index contributed by atoms with van der Waals surface area (Å²) in [7, 11) is 0. The summed E-state index contributed by atoms with van der Waals surface area (Å²) in [5.74, 6) is -0.752. The smallest absolute Gasteiger partial charge is 0.433 e. The van der Waals surface area contributed by atoms with Crippen LogP contribution in [0.25, 0.3) is 0 Å². The lowest BCUT2D eigenvalue weighted by molar-refractivity contribution is -0.402. The number of hydrogen-bond donors (Lipinski definition) is 1. The molecule has 140 valence electrons. The van der Waals surface area contributed by atoms with Crippen molar-refractivity contribution in [1.82, 2.24) is 5.32 Å². The number of nitro groups is 1. The van der Waals surface area contributed by atoms with Crippen LogP contribution in [-0.2, 0) is 9.53 Å². The molecule has 3 rings (SSSR count). The molecule has 2 aromatic rings. The third kappa shape index (κ3) is 3.54. The highest BCUT2D eigenvalue weighted by molar-refractivity contribution is 7.80. The van der Waals surface area contributed by atoms with Crippen molar-refractivity contribution in [2.75, 3.05) is 11.5 Å². The van der Waals surface area contributed by atoms with Crippen molar-refractivity contribution in [3.8, 4) is 0 Å². The molecule has 1 N–H and O–H groups in total. The monoisotopic (exact) mass is 387 g/mol. The summed E-state index contributed by atoms with van der Waals surface area (Å²) in [6, 6.07) is 11.2. The Morgan fingerprint density at radius 2 is 2.04 bits per heavy atom. The van der Waals surface area contributed by atoms with Crippen molar-refractivity contribution in [2.24, 2.45) is 0 Å². The minimum atomic E-state index is -0.787. The maximum Gasteiger partial charge on any atom is 0.433 e. The number of carbonyl (C=O) groups is 1. The Balaban J connectivity index is 2.11. The van der Waals surface area contributed by atoms with E-state index in [1.165, 1.54) is 12.1 Å². The summed E-state index contributed by atoms with van der Waals surface area (Å²) in [5.41, 5.74) is 1.61. The molecule has 27 heavy (non-hydrogen) atoms. The predicted molar refractivity (Wildman–Crippen MR) is 102 cm³/mol. The van der Waals surface area contributed by atoms with Gasteiger partial charge < -0.3 is 14.5 Å². The van der Waals surface area contributed by atoms with E-state index in [2.05, 4.69) is 5.32 Å². The second-order valence-electron chi connectivity index (χ2n) is 5.71. The van der Waals surface area contributed by atoms with Gasteiger partial charge in [-0.3, -0.25) is 15.0 Å². The summed E-state index contributed by atoms with van der Waals surface area (Å²) < 4.78 is 10.5. The summed E-state index contributed by atoms with van der Waals surface area (Å²) in [6.45, 7) is 3.64. The molecule has 0 saturated heterocycles. The van der Waals surface area contributed by atoms with Crippen LogP contribution in [-0.4, -0.2) is 22.6 Å². The fourth-order valence-corrected chi connectivity index (χ4v) is 3.27. The van der Waals surface area contributed by atoms with Crippen LogP contribution in [0.15, 0.2) is 58.2 Å². The molecule has 8 nitrogen and oxygen atoms in total. The second-order valence-corrected chi connectivity index (χ2v) is 6.09. The Morgan fingerprint density at radius 1 is 1.33 bits per heavy atom. The molecule has 1 aliphatic rings. The molecule has 1 atom stereocenters. The van der Waals surface area contributed by atoms with Gasteiger partial charge in [0.1, 0.15) is 16.7 Å². The lowest BCUT2D eigenvalue weighted by Crippen LogP contribution is -2.48.